The van der Waals surface area contributed by atoms with Gasteiger partial charge in [0.15, 0.2) is 9.84 Å². The van der Waals surface area contributed by atoms with Crippen molar-refractivity contribution in [2.24, 2.45) is 0 Å². The van der Waals surface area contributed by atoms with Gasteiger partial charge in [-0.15, -0.1) is 11.8 Å². The third-order valence-corrected chi connectivity index (χ3v) is 7.12. The Labute approximate surface area is 143 Å². The quantitative estimate of drug-likeness (QED) is 0.736. The fourth-order valence-corrected chi connectivity index (χ4v) is 5.53. The summed E-state index contributed by atoms with van der Waals surface area (Å²) in [5, 5.41) is 0. The number of sulfone groups is 1. The molecule has 1 fully saturated rings. The van der Waals surface area contributed by atoms with Crippen molar-refractivity contribution in [3.63, 3.8) is 0 Å². The van der Waals surface area contributed by atoms with Gasteiger partial charge < -0.3 is 4.90 Å². The first-order valence-electron chi connectivity index (χ1n) is 8.02. The van der Waals surface area contributed by atoms with Crippen LogP contribution in [0.2, 0.25) is 0 Å². The van der Waals surface area contributed by atoms with Crippen LogP contribution in [0.3, 0.4) is 0 Å². The van der Waals surface area contributed by atoms with Crippen molar-refractivity contribution in [3.05, 3.63) is 29.3 Å². The summed E-state index contributed by atoms with van der Waals surface area (Å²) in [7, 11) is -2.96. The zero-order valence-electron chi connectivity index (χ0n) is 14.0. The summed E-state index contributed by atoms with van der Waals surface area (Å²) in [5.74, 6) is 1.11. The van der Waals surface area contributed by atoms with Gasteiger partial charge >= 0.3 is 0 Å². The number of carbonyl (C=O) groups excluding carboxylic acids is 1. The molecule has 1 aliphatic rings. The highest BCUT2D eigenvalue weighted by molar-refractivity contribution is 7.99. The monoisotopic (exact) mass is 355 g/mol. The molecule has 1 aromatic rings. The fourth-order valence-electron chi connectivity index (χ4n) is 2.86. The van der Waals surface area contributed by atoms with Gasteiger partial charge in [0.2, 0.25) is 5.91 Å². The van der Waals surface area contributed by atoms with Crippen LogP contribution in [0.25, 0.3) is 0 Å². The van der Waals surface area contributed by atoms with Gasteiger partial charge in [0.05, 0.1) is 11.5 Å². The van der Waals surface area contributed by atoms with E-state index in [-0.39, 0.29) is 23.5 Å². The molecule has 0 aromatic heterocycles. The van der Waals surface area contributed by atoms with E-state index in [1.165, 1.54) is 16.0 Å². The minimum Gasteiger partial charge on any atom is -0.339 e. The van der Waals surface area contributed by atoms with E-state index in [1.54, 1.807) is 16.7 Å². The van der Waals surface area contributed by atoms with Crippen LogP contribution in [-0.4, -0.2) is 49.1 Å². The molecule has 0 aliphatic carbocycles. The Bertz CT molecular complexity index is 670. The van der Waals surface area contributed by atoms with Gasteiger partial charge in [-0.05, 0) is 50.5 Å². The Morgan fingerprint density at radius 2 is 2.04 bits per heavy atom. The number of hydrogen-bond acceptors (Lipinski definition) is 4. The maximum absolute atomic E-state index is 12.4. The zero-order chi connectivity index (χ0) is 17.0. The van der Waals surface area contributed by atoms with Crippen LogP contribution in [0.1, 0.15) is 30.9 Å². The molecule has 0 N–H and O–H groups in total. The van der Waals surface area contributed by atoms with Crippen molar-refractivity contribution < 1.29 is 13.2 Å². The summed E-state index contributed by atoms with van der Waals surface area (Å²) >= 11 is 1.68. The first kappa shape index (κ1) is 18.3. The van der Waals surface area contributed by atoms with Crippen LogP contribution in [0.4, 0.5) is 0 Å². The summed E-state index contributed by atoms with van der Waals surface area (Å²) in [6.45, 7) is 6.67. The molecule has 1 atom stereocenters. The molecule has 1 unspecified atom stereocenters. The van der Waals surface area contributed by atoms with Gasteiger partial charge in [0.1, 0.15) is 0 Å². The van der Waals surface area contributed by atoms with Crippen LogP contribution in [-0.2, 0) is 14.6 Å². The Morgan fingerprint density at radius 1 is 1.30 bits per heavy atom. The van der Waals surface area contributed by atoms with Crippen molar-refractivity contribution in [3.8, 4) is 0 Å². The lowest BCUT2D eigenvalue weighted by molar-refractivity contribution is -0.132. The Balaban J connectivity index is 1.86. The molecule has 0 bridgehead atoms. The molecule has 1 aliphatic heterocycles. The third-order valence-electron chi connectivity index (χ3n) is 4.37. The highest BCUT2D eigenvalue weighted by Gasteiger charge is 2.33. The average molecular weight is 356 g/mol. The van der Waals surface area contributed by atoms with Crippen LogP contribution in [0.15, 0.2) is 23.1 Å². The number of rotatable bonds is 6. The Kier molecular flexibility index (Phi) is 6.14. The first-order chi connectivity index (χ1) is 10.8. The maximum atomic E-state index is 12.4. The minimum atomic E-state index is -2.96. The van der Waals surface area contributed by atoms with Crippen molar-refractivity contribution in [2.45, 2.75) is 44.6 Å². The Morgan fingerprint density at radius 3 is 2.61 bits per heavy atom. The summed E-state index contributed by atoms with van der Waals surface area (Å²) < 4.78 is 23.2. The smallest absolute Gasteiger partial charge is 0.223 e. The van der Waals surface area contributed by atoms with Crippen molar-refractivity contribution >= 4 is 27.5 Å². The predicted octanol–water partition coefficient (Wildman–Crippen LogP) is 2.82. The van der Waals surface area contributed by atoms with Crippen LogP contribution >= 0.6 is 11.8 Å². The molecular formula is C17H25NO3S2. The first-order valence-corrected chi connectivity index (χ1v) is 10.8. The summed E-state index contributed by atoms with van der Waals surface area (Å²) in [5.41, 5.74) is 2.53. The molecule has 23 heavy (non-hydrogen) atoms. The van der Waals surface area contributed by atoms with Crippen LogP contribution in [0, 0.1) is 13.8 Å². The van der Waals surface area contributed by atoms with Gasteiger partial charge in [-0.3, -0.25) is 4.79 Å². The summed E-state index contributed by atoms with van der Waals surface area (Å²) in [4.78, 5) is 15.3. The highest BCUT2D eigenvalue weighted by atomic mass is 32.2. The highest BCUT2D eigenvalue weighted by Crippen LogP contribution is 2.23. The number of nitrogens with zero attached hydrogens (tertiary/aromatic N) is 1. The summed E-state index contributed by atoms with van der Waals surface area (Å²) in [6, 6.07) is 6.19. The summed E-state index contributed by atoms with van der Waals surface area (Å²) in [6.07, 6.45) is 1.02. The van der Waals surface area contributed by atoms with E-state index >= 15 is 0 Å². The lowest BCUT2D eigenvalue weighted by Crippen LogP contribution is -2.41. The molecule has 0 radical (unpaired) electrons. The zero-order valence-corrected chi connectivity index (χ0v) is 15.7. The van der Waals surface area contributed by atoms with Gasteiger partial charge in [0, 0.05) is 29.7 Å². The minimum absolute atomic E-state index is 0.0610. The van der Waals surface area contributed by atoms with E-state index in [0.29, 0.717) is 19.4 Å². The second kappa shape index (κ2) is 7.71. The van der Waals surface area contributed by atoms with Gasteiger partial charge in [-0.2, -0.15) is 0 Å². The number of thioether (sulfide) groups is 1. The average Bonchev–Trinajstić information content (AvgIpc) is 2.83. The van der Waals surface area contributed by atoms with E-state index in [1.807, 2.05) is 6.92 Å². The number of benzene rings is 1. The van der Waals surface area contributed by atoms with E-state index in [4.69, 9.17) is 0 Å². The molecule has 6 heteroatoms. The molecule has 128 valence electrons. The SMILES string of the molecule is CCN(C(=O)CCSc1ccc(C)c(C)c1)C1CCS(=O)(=O)C1. The van der Waals surface area contributed by atoms with Crippen molar-refractivity contribution in [1.29, 1.82) is 0 Å². The molecule has 4 nitrogen and oxygen atoms in total. The second-order valence-corrected chi connectivity index (χ2v) is 9.48. The van der Waals surface area contributed by atoms with Crippen LogP contribution in [0.5, 0.6) is 0 Å². The number of carbonyl (C=O) groups is 1. The number of aryl methyl sites for hydroxylation is 2. The van der Waals surface area contributed by atoms with Crippen molar-refractivity contribution in [1.82, 2.24) is 4.90 Å². The lowest BCUT2D eigenvalue weighted by atomic mass is 10.1. The van der Waals surface area contributed by atoms with Gasteiger partial charge in [0.25, 0.3) is 0 Å². The maximum Gasteiger partial charge on any atom is 0.223 e. The van der Waals surface area contributed by atoms with E-state index in [2.05, 4.69) is 32.0 Å². The largest absolute Gasteiger partial charge is 0.339 e. The normalized spacial score (nSPS) is 19.7. The van der Waals surface area contributed by atoms with E-state index < -0.39 is 9.84 Å². The Hall–Kier alpha value is -1.01. The molecular weight excluding hydrogens is 330 g/mol. The van der Waals surface area contributed by atoms with Gasteiger partial charge in [-0.25, -0.2) is 8.42 Å². The second-order valence-electron chi connectivity index (χ2n) is 6.08. The number of amides is 1. The molecule has 1 saturated heterocycles. The molecule has 1 heterocycles. The van der Waals surface area contributed by atoms with Gasteiger partial charge in [-0.1, -0.05) is 6.07 Å². The van der Waals surface area contributed by atoms with Crippen molar-refractivity contribution in [2.75, 3.05) is 23.8 Å². The fraction of sp³-hybridized carbons (Fsp3) is 0.588. The predicted molar refractivity (Wildman–Crippen MR) is 95.7 cm³/mol. The van der Waals surface area contributed by atoms with E-state index in [0.717, 1.165) is 5.75 Å². The number of hydrogen-bond donors (Lipinski definition) is 0. The third kappa shape index (κ3) is 4.98. The van der Waals surface area contributed by atoms with E-state index in [9.17, 15) is 13.2 Å². The lowest BCUT2D eigenvalue weighted by Gasteiger charge is -2.26. The molecule has 1 aromatic carbocycles. The van der Waals surface area contributed by atoms with Crippen LogP contribution < -0.4 is 0 Å². The molecule has 0 saturated carbocycles. The topological polar surface area (TPSA) is 54.5 Å². The standard InChI is InChI=1S/C17H25NO3S2/c1-4-18(15-8-10-23(20,21)12-15)17(19)7-9-22-16-6-5-13(2)14(3)11-16/h5-6,11,15H,4,7-10,12H2,1-3H3. The molecule has 0 spiro atoms. The molecule has 1 amide bonds. The molecule has 2 rings (SSSR count).